The topological polar surface area (TPSA) is 90.6 Å². The molecule has 0 aliphatic heterocycles. The van der Waals surface area contributed by atoms with Crippen molar-refractivity contribution in [3.05, 3.63) is 24.3 Å². The number of anilines is 1. The molecule has 0 radical (unpaired) electrons. The van der Waals surface area contributed by atoms with E-state index in [1.54, 1.807) is 31.2 Å². The van der Waals surface area contributed by atoms with Crippen LogP contribution in [0.25, 0.3) is 0 Å². The Bertz CT molecular complexity index is 443. The minimum atomic E-state index is -0.552. The Labute approximate surface area is 118 Å². The Hall–Kier alpha value is -2.08. The van der Waals surface area contributed by atoms with Crippen LogP contribution in [-0.2, 0) is 14.3 Å². The predicted octanol–water partition coefficient (Wildman–Crippen LogP) is 1.30. The molecule has 0 aliphatic carbocycles. The number of hydrogen-bond donors (Lipinski definition) is 2. The lowest BCUT2D eigenvalue weighted by Crippen LogP contribution is -2.32. The molecule has 0 saturated heterocycles. The van der Waals surface area contributed by atoms with Gasteiger partial charge in [0.2, 0.25) is 5.91 Å². The van der Waals surface area contributed by atoms with Crippen molar-refractivity contribution in [3.63, 3.8) is 0 Å². The van der Waals surface area contributed by atoms with Crippen molar-refractivity contribution in [1.29, 1.82) is 0 Å². The first kappa shape index (κ1) is 16.0. The number of amides is 1. The summed E-state index contributed by atoms with van der Waals surface area (Å²) in [6.07, 6.45) is 0.925. The van der Waals surface area contributed by atoms with Gasteiger partial charge in [-0.2, -0.15) is 0 Å². The number of nitrogens with two attached hydrogens (primary N) is 1. The summed E-state index contributed by atoms with van der Waals surface area (Å²) in [7, 11) is 1.36. The molecular formula is C14H20N2O4. The number of benzene rings is 1. The van der Waals surface area contributed by atoms with Gasteiger partial charge in [0, 0.05) is 12.1 Å². The molecule has 6 heteroatoms. The maximum Gasteiger partial charge on any atom is 0.305 e. The zero-order valence-corrected chi connectivity index (χ0v) is 11.7. The predicted molar refractivity (Wildman–Crippen MR) is 75.5 cm³/mol. The molecule has 1 rings (SSSR count). The zero-order chi connectivity index (χ0) is 15.0. The third-order valence-electron chi connectivity index (χ3n) is 2.56. The Morgan fingerprint density at radius 1 is 1.30 bits per heavy atom. The first-order valence-electron chi connectivity index (χ1n) is 6.39. The summed E-state index contributed by atoms with van der Waals surface area (Å²) in [6, 6.07) is 6.40. The Morgan fingerprint density at radius 2 is 1.95 bits per heavy atom. The van der Waals surface area contributed by atoms with Crippen molar-refractivity contribution in [2.75, 3.05) is 19.0 Å². The molecule has 1 aromatic carbocycles. The van der Waals surface area contributed by atoms with Gasteiger partial charge in [0.15, 0.2) is 0 Å². The first-order valence-corrected chi connectivity index (χ1v) is 6.39. The first-order chi connectivity index (χ1) is 9.52. The molecule has 0 bridgehead atoms. The highest BCUT2D eigenvalue weighted by atomic mass is 16.5. The van der Waals surface area contributed by atoms with Gasteiger partial charge >= 0.3 is 5.97 Å². The Kier molecular flexibility index (Phi) is 6.52. The third kappa shape index (κ3) is 5.71. The normalized spacial score (nSPS) is 11.6. The van der Waals surface area contributed by atoms with Gasteiger partial charge < -0.3 is 20.5 Å². The number of carbonyl (C=O) groups excluding carboxylic acids is 2. The average Bonchev–Trinajstić information content (AvgIpc) is 2.44. The van der Waals surface area contributed by atoms with Gasteiger partial charge in [-0.25, -0.2) is 0 Å². The molecule has 0 spiro atoms. The van der Waals surface area contributed by atoms with Crippen LogP contribution >= 0.6 is 0 Å². The number of nitrogens with one attached hydrogen (secondary N) is 1. The SMILES string of the molecule is COC(=O)CCCOc1ccc(NC(=O)[C@H](C)N)cc1. The van der Waals surface area contributed by atoms with E-state index in [1.807, 2.05) is 0 Å². The van der Waals surface area contributed by atoms with E-state index in [0.717, 1.165) is 0 Å². The summed E-state index contributed by atoms with van der Waals surface area (Å²) in [5.74, 6) is 0.188. The summed E-state index contributed by atoms with van der Waals surface area (Å²) in [5.41, 5.74) is 6.12. The summed E-state index contributed by atoms with van der Waals surface area (Å²) < 4.78 is 9.99. The largest absolute Gasteiger partial charge is 0.494 e. The van der Waals surface area contributed by atoms with E-state index in [9.17, 15) is 9.59 Å². The molecule has 6 nitrogen and oxygen atoms in total. The standard InChI is InChI=1S/C14H20N2O4/c1-10(15)14(18)16-11-5-7-12(8-6-11)20-9-3-4-13(17)19-2/h5-8,10H,3-4,9,15H2,1-2H3,(H,16,18)/t10-/m0/s1. The molecule has 0 unspecified atom stereocenters. The molecule has 0 saturated carbocycles. The minimum Gasteiger partial charge on any atom is -0.494 e. The monoisotopic (exact) mass is 280 g/mol. The summed E-state index contributed by atoms with van der Waals surface area (Å²) in [4.78, 5) is 22.3. The van der Waals surface area contributed by atoms with Crippen LogP contribution in [0.4, 0.5) is 5.69 Å². The van der Waals surface area contributed by atoms with Crippen LogP contribution in [0, 0.1) is 0 Å². The molecule has 0 heterocycles. The average molecular weight is 280 g/mol. The fourth-order valence-corrected chi connectivity index (χ4v) is 1.40. The van der Waals surface area contributed by atoms with Crippen LogP contribution in [0.2, 0.25) is 0 Å². The number of esters is 1. The van der Waals surface area contributed by atoms with Crippen LogP contribution in [0.3, 0.4) is 0 Å². The summed E-state index contributed by atoms with van der Waals surface area (Å²) in [6.45, 7) is 2.05. The van der Waals surface area contributed by atoms with Crippen molar-refractivity contribution in [3.8, 4) is 5.75 Å². The third-order valence-corrected chi connectivity index (χ3v) is 2.56. The Balaban J connectivity index is 2.35. The van der Waals surface area contributed by atoms with E-state index in [-0.39, 0.29) is 11.9 Å². The smallest absolute Gasteiger partial charge is 0.305 e. The highest BCUT2D eigenvalue weighted by Gasteiger charge is 2.07. The molecular weight excluding hydrogens is 260 g/mol. The number of carbonyl (C=O) groups is 2. The molecule has 1 aromatic rings. The van der Waals surface area contributed by atoms with E-state index in [0.29, 0.717) is 30.9 Å². The van der Waals surface area contributed by atoms with Gasteiger partial charge in [-0.3, -0.25) is 9.59 Å². The number of hydrogen-bond acceptors (Lipinski definition) is 5. The van der Waals surface area contributed by atoms with E-state index >= 15 is 0 Å². The fourth-order valence-electron chi connectivity index (χ4n) is 1.40. The molecule has 1 amide bonds. The van der Waals surface area contributed by atoms with Crippen molar-refractivity contribution in [2.24, 2.45) is 5.73 Å². The van der Waals surface area contributed by atoms with Crippen molar-refractivity contribution in [2.45, 2.75) is 25.8 Å². The second kappa shape index (κ2) is 8.16. The van der Waals surface area contributed by atoms with Crippen molar-refractivity contribution in [1.82, 2.24) is 0 Å². The van der Waals surface area contributed by atoms with E-state index < -0.39 is 6.04 Å². The number of rotatable bonds is 7. The number of methoxy groups -OCH3 is 1. The highest BCUT2D eigenvalue weighted by Crippen LogP contribution is 2.16. The van der Waals surface area contributed by atoms with Crippen LogP contribution in [0.1, 0.15) is 19.8 Å². The highest BCUT2D eigenvalue weighted by molar-refractivity contribution is 5.94. The van der Waals surface area contributed by atoms with Gasteiger partial charge in [-0.05, 0) is 37.6 Å². The molecule has 110 valence electrons. The molecule has 1 atom stereocenters. The van der Waals surface area contributed by atoms with Gasteiger partial charge in [0.1, 0.15) is 5.75 Å². The lowest BCUT2D eigenvalue weighted by atomic mass is 10.2. The van der Waals surface area contributed by atoms with E-state index in [4.69, 9.17) is 10.5 Å². The van der Waals surface area contributed by atoms with Crippen LogP contribution in [0.15, 0.2) is 24.3 Å². The lowest BCUT2D eigenvalue weighted by Gasteiger charge is -2.09. The maximum atomic E-state index is 11.4. The molecule has 0 fully saturated rings. The molecule has 0 aliphatic rings. The summed E-state index contributed by atoms with van der Waals surface area (Å²) in [5, 5.41) is 2.68. The van der Waals surface area contributed by atoms with Crippen LogP contribution in [0.5, 0.6) is 5.75 Å². The van der Waals surface area contributed by atoms with Gasteiger partial charge in [0.05, 0.1) is 19.8 Å². The van der Waals surface area contributed by atoms with Crippen LogP contribution in [-0.4, -0.2) is 31.6 Å². The Morgan fingerprint density at radius 3 is 2.50 bits per heavy atom. The molecule has 20 heavy (non-hydrogen) atoms. The fraction of sp³-hybridized carbons (Fsp3) is 0.429. The second-order valence-corrected chi connectivity index (χ2v) is 4.33. The lowest BCUT2D eigenvalue weighted by molar-refractivity contribution is -0.140. The summed E-state index contributed by atoms with van der Waals surface area (Å²) >= 11 is 0. The van der Waals surface area contributed by atoms with Crippen molar-refractivity contribution < 1.29 is 19.1 Å². The maximum absolute atomic E-state index is 11.4. The zero-order valence-electron chi connectivity index (χ0n) is 11.7. The molecule has 3 N–H and O–H groups in total. The van der Waals surface area contributed by atoms with Crippen LogP contribution < -0.4 is 15.8 Å². The van der Waals surface area contributed by atoms with E-state index in [2.05, 4.69) is 10.1 Å². The van der Waals surface area contributed by atoms with Gasteiger partial charge in [0.25, 0.3) is 0 Å². The van der Waals surface area contributed by atoms with Gasteiger partial charge in [-0.15, -0.1) is 0 Å². The number of ether oxygens (including phenoxy) is 2. The van der Waals surface area contributed by atoms with E-state index in [1.165, 1.54) is 7.11 Å². The van der Waals surface area contributed by atoms with Gasteiger partial charge in [-0.1, -0.05) is 0 Å². The minimum absolute atomic E-state index is 0.239. The quantitative estimate of drug-likeness (QED) is 0.580. The van der Waals surface area contributed by atoms with Crippen molar-refractivity contribution >= 4 is 17.6 Å². The second-order valence-electron chi connectivity index (χ2n) is 4.33. The molecule has 0 aromatic heterocycles.